The van der Waals surface area contributed by atoms with Crippen LogP contribution in [-0.4, -0.2) is 36.5 Å². The normalized spacial score (nSPS) is 11.5. The average Bonchev–Trinajstić information content (AvgIpc) is 2.30. The molecule has 0 aromatic heterocycles. The topological polar surface area (TPSA) is 60.4 Å². The second-order valence-electron chi connectivity index (χ2n) is 4.61. The molecule has 0 spiro atoms. The second kappa shape index (κ2) is 12.9. The Morgan fingerprint density at radius 1 is 1.21 bits per heavy atom. The van der Waals surface area contributed by atoms with Crippen molar-refractivity contribution in [3.63, 3.8) is 0 Å². The van der Waals surface area contributed by atoms with Gasteiger partial charge in [-0.05, 0) is 12.8 Å². The maximum absolute atomic E-state index is 13.4. The molecule has 1 unspecified atom stereocenters. The first-order chi connectivity index (χ1) is 8.47. The summed E-state index contributed by atoms with van der Waals surface area (Å²) in [6, 6.07) is 0. The van der Waals surface area contributed by atoms with E-state index < -0.39 is 18.7 Å². The number of hydrogen-bond acceptors (Lipinski definition) is 3. The number of amides is 1. The van der Waals surface area contributed by atoms with Gasteiger partial charge in [0.2, 0.25) is 5.91 Å². The molecule has 0 aliphatic rings. The number of carboxylic acids is 1. The van der Waals surface area contributed by atoms with Gasteiger partial charge in [0.1, 0.15) is 6.17 Å². The Morgan fingerprint density at radius 3 is 2.37 bits per heavy atom. The third-order valence-corrected chi connectivity index (χ3v) is 2.83. The molecule has 0 heterocycles. The van der Waals surface area contributed by atoms with Crippen LogP contribution in [0.2, 0.25) is 0 Å². The fourth-order valence-electron chi connectivity index (χ4n) is 1.69. The van der Waals surface area contributed by atoms with Gasteiger partial charge < -0.3 is 14.8 Å². The van der Waals surface area contributed by atoms with Crippen LogP contribution in [-0.2, 0) is 9.59 Å². The number of aliphatic carboxylic acids is 1. The molecule has 1 atom stereocenters. The average molecular weight is 283 g/mol. The zero-order valence-corrected chi connectivity index (χ0v) is 14.3. The van der Waals surface area contributed by atoms with E-state index in [-0.39, 0.29) is 48.3 Å². The summed E-state index contributed by atoms with van der Waals surface area (Å²) in [6.45, 7) is 1.66. The van der Waals surface area contributed by atoms with Crippen LogP contribution in [0.1, 0.15) is 51.9 Å². The predicted octanol–water partition coefficient (Wildman–Crippen LogP) is -1.71. The van der Waals surface area contributed by atoms with E-state index in [2.05, 4.69) is 6.92 Å². The van der Waals surface area contributed by atoms with Crippen molar-refractivity contribution in [2.45, 2.75) is 58.0 Å². The summed E-state index contributed by atoms with van der Waals surface area (Å²) in [5.74, 6) is -1.65. The number of rotatable bonds is 10. The van der Waals surface area contributed by atoms with Crippen molar-refractivity contribution in [2.75, 3.05) is 13.6 Å². The predicted molar refractivity (Wildman–Crippen MR) is 65.5 cm³/mol. The number of alkyl halides is 1. The van der Waals surface area contributed by atoms with E-state index in [1.165, 1.54) is 7.05 Å². The van der Waals surface area contributed by atoms with E-state index in [0.717, 1.165) is 30.6 Å². The Bertz CT molecular complexity index is 264. The summed E-state index contributed by atoms with van der Waals surface area (Å²) in [6.07, 6.45) is 3.83. The van der Waals surface area contributed by atoms with E-state index in [1.807, 2.05) is 0 Å². The van der Waals surface area contributed by atoms with Crippen LogP contribution in [0.4, 0.5) is 4.39 Å². The molecular weight excluding hydrogens is 260 g/mol. The maximum atomic E-state index is 13.4. The molecule has 0 aliphatic heterocycles. The van der Waals surface area contributed by atoms with Gasteiger partial charge in [-0.2, -0.15) is 0 Å². The van der Waals surface area contributed by atoms with Gasteiger partial charge in [0, 0.05) is 13.5 Å². The standard InChI is InChI=1S/C13H24FNO3.Na/c1-3-4-5-6-7-11(14)8-9-12(16)15(2)10-13(17)18;/h11H,3-10H2,1-2H3,(H,17,18);/q;+1/p-1. The van der Waals surface area contributed by atoms with E-state index in [4.69, 9.17) is 0 Å². The number of carbonyl (C=O) groups is 2. The summed E-state index contributed by atoms with van der Waals surface area (Å²) in [5.41, 5.74) is 0. The van der Waals surface area contributed by atoms with Crippen molar-refractivity contribution in [2.24, 2.45) is 0 Å². The Hall–Kier alpha value is -0.130. The van der Waals surface area contributed by atoms with Gasteiger partial charge in [-0.15, -0.1) is 0 Å². The van der Waals surface area contributed by atoms with Crippen molar-refractivity contribution < 1.29 is 48.6 Å². The molecular formula is C13H23FNNaO3. The Balaban J connectivity index is 0. The first-order valence-corrected chi connectivity index (χ1v) is 6.55. The van der Waals surface area contributed by atoms with Crippen LogP contribution < -0.4 is 34.7 Å². The third-order valence-electron chi connectivity index (χ3n) is 2.83. The Labute approximate surface area is 137 Å². The quantitative estimate of drug-likeness (QED) is 0.354. The maximum Gasteiger partial charge on any atom is 1.00 e. The molecule has 0 bridgehead atoms. The molecule has 0 fully saturated rings. The smallest absolute Gasteiger partial charge is 0.548 e. The SMILES string of the molecule is CCCCCCC(F)CCC(=O)N(C)CC(=O)[O-].[Na+]. The van der Waals surface area contributed by atoms with E-state index in [0.29, 0.717) is 6.42 Å². The monoisotopic (exact) mass is 283 g/mol. The van der Waals surface area contributed by atoms with Crippen molar-refractivity contribution in [1.29, 1.82) is 0 Å². The molecule has 0 aromatic rings. The number of nitrogens with zero attached hydrogens (tertiary/aromatic N) is 1. The van der Waals surface area contributed by atoms with Crippen LogP contribution in [0, 0.1) is 0 Å². The fourth-order valence-corrected chi connectivity index (χ4v) is 1.69. The number of hydrogen-bond donors (Lipinski definition) is 0. The van der Waals surface area contributed by atoms with Crippen molar-refractivity contribution in [3.05, 3.63) is 0 Å². The van der Waals surface area contributed by atoms with Gasteiger partial charge in [0.25, 0.3) is 0 Å². The molecule has 19 heavy (non-hydrogen) atoms. The minimum Gasteiger partial charge on any atom is -0.548 e. The minimum atomic E-state index is -1.30. The van der Waals surface area contributed by atoms with Crippen molar-refractivity contribution in [1.82, 2.24) is 4.90 Å². The second-order valence-corrected chi connectivity index (χ2v) is 4.61. The molecule has 0 aliphatic carbocycles. The summed E-state index contributed by atoms with van der Waals surface area (Å²) in [7, 11) is 1.38. The van der Waals surface area contributed by atoms with Gasteiger partial charge in [0.05, 0.1) is 12.5 Å². The Kier molecular flexibility index (Phi) is 14.4. The number of carboxylic acid groups (broad SMARTS) is 1. The molecule has 106 valence electrons. The molecule has 0 radical (unpaired) electrons. The van der Waals surface area contributed by atoms with Crippen LogP contribution in [0.3, 0.4) is 0 Å². The number of halogens is 1. The molecule has 0 saturated carbocycles. The molecule has 0 rings (SSSR count). The first kappa shape index (κ1) is 21.2. The van der Waals surface area contributed by atoms with Gasteiger partial charge in [-0.25, -0.2) is 4.39 Å². The van der Waals surface area contributed by atoms with Gasteiger partial charge in [0.15, 0.2) is 0 Å². The van der Waals surface area contributed by atoms with Crippen LogP contribution in [0.5, 0.6) is 0 Å². The summed E-state index contributed by atoms with van der Waals surface area (Å²) in [4.78, 5) is 22.8. The number of unbranched alkanes of at least 4 members (excludes halogenated alkanes) is 3. The molecule has 6 heteroatoms. The molecule has 0 saturated heterocycles. The minimum absolute atomic E-state index is 0. The van der Waals surface area contributed by atoms with Crippen LogP contribution in [0.15, 0.2) is 0 Å². The first-order valence-electron chi connectivity index (χ1n) is 6.55. The number of likely N-dealkylation sites (N-methyl/N-ethyl adjacent to an activating group) is 1. The third kappa shape index (κ3) is 12.6. The van der Waals surface area contributed by atoms with E-state index in [1.54, 1.807) is 0 Å². The van der Waals surface area contributed by atoms with Crippen molar-refractivity contribution in [3.8, 4) is 0 Å². The van der Waals surface area contributed by atoms with Gasteiger partial charge in [-0.3, -0.25) is 4.79 Å². The van der Waals surface area contributed by atoms with Gasteiger partial charge >= 0.3 is 29.6 Å². The van der Waals surface area contributed by atoms with Gasteiger partial charge in [-0.1, -0.05) is 32.6 Å². The Morgan fingerprint density at radius 2 is 1.84 bits per heavy atom. The molecule has 0 N–H and O–H groups in total. The van der Waals surface area contributed by atoms with Crippen molar-refractivity contribution >= 4 is 11.9 Å². The number of carbonyl (C=O) groups excluding carboxylic acids is 2. The molecule has 0 aromatic carbocycles. The largest absolute Gasteiger partial charge is 1.00 e. The van der Waals surface area contributed by atoms with Crippen LogP contribution in [0.25, 0.3) is 0 Å². The summed E-state index contributed by atoms with van der Waals surface area (Å²) >= 11 is 0. The van der Waals surface area contributed by atoms with E-state index in [9.17, 15) is 19.1 Å². The zero-order chi connectivity index (χ0) is 14.0. The zero-order valence-electron chi connectivity index (χ0n) is 12.3. The summed E-state index contributed by atoms with van der Waals surface area (Å²) in [5, 5.41) is 10.3. The van der Waals surface area contributed by atoms with Crippen LogP contribution >= 0.6 is 0 Å². The van der Waals surface area contributed by atoms with E-state index >= 15 is 0 Å². The summed E-state index contributed by atoms with van der Waals surface area (Å²) < 4.78 is 13.4. The molecule has 1 amide bonds. The molecule has 4 nitrogen and oxygen atoms in total. The fraction of sp³-hybridized carbons (Fsp3) is 0.846.